The number of H-pyrrole nitrogens is 1. The number of hydrogen-bond acceptors (Lipinski definition) is 6. The number of benzene rings is 1. The molecule has 1 aromatic carbocycles. The zero-order chi connectivity index (χ0) is 19.5. The highest BCUT2D eigenvalue weighted by Crippen LogP contribution is 2.27. The van der Waals surface area contributed by atoms with E-state index in [9.17, 15) is 9.59 Å². The van der Waals surface area contributed by atoms with Gasteiger partial charge in [0.15, 0.2) is 5.69 Å². The van der Waals surface area contributed by atoms with E-state index in [4.69, 9.17) is 5.73 Å². The Morgan fingerprint density at radius 1 is 1.21 bits per heavy atom. The lowest BCUT2D eigenvalue weighted by molar-refractivity contribution is 0.0704. The Bertz CT molecular complexity index is 998. The maximum Gasteiger partial charge on any atom is 0.347 e. The molecule has 10 nitrogen and oxygen atoms in total. The van der Waals surface area contributed by atoms with Crippen LogP contribution in [0.25, 0.3) is 5.69 Å². The quantitative estimate of drug-likeness (QED) is 0.646. The number of amides is 1. The first-order chi connectivity index (χ1) is 13.7. The molecule has 1 amide bonds. The van der Waals surface area contributed by atoms with E-state index in [-0.39, 0.29) is 17.5 Å². The number of aromatic nitrogens is 6. The fourth-order valence-corrected chi connectivity index (χ4v) is 3.55. The number of carbonyl (C=O) groups is 1. The van der Waals surface area contributed by atoms with Crippen LogP contribution < -0.4 is 11.4 Å². The van der Waals surface area contributed by atoms with Crippen molar-refractivity contribution >= 4 is 5.91 Å². The molecule has 146 valence electrons. The van der Waals surface area contributed by atoms with Gasteiger partial charge in [-0.05, 0) is 25.0 Å². The minimum absolute atomic E-state index is 0.0936. The van der Waals surface area contributed by atoms with Crippen molar-refractivity contribution in [2.45, 2.75) is 25.3 Å². The molecule has 2 aromatic heterocycles. The summed E-state index contributed by atoms with van der Waals surface area (Å²) in [6.07, 6.45) is 3.07. The Kier molecular flexibility index (Phi) is 5.02. The number of hydrogen-bond donors (Lipinski definition) is 2. The molecular formula is C18H22N8O2. The number of aromatic amines is 1. The van der Waals surface area contributed by atoms with Gasteiger partial charge < -0.3 is 10.6 Å². The molecule has 3 heterocycles. The topological polar surface area (TPSA) is 128 Å². The van der Waals surface area contributed by atoms with Gasteiger partial charge in [0, 0.05) is 25.6 Å². The number of nitrogens with two attached hydrogens (primary N) is 1. The molecule has 3 N–H and O–H groups in total. The minimum atomic E-state index is -0.253. The Balaban J connectivity index is 1.46. The van der Waals surface area contributed by atoms with E-state index in [0.717, 1.165) is 18.5 Å². The number of nitrogens with zero attached hydrogens (tertiary/aromatic N) is 6. The molecule has 0 atom stereocenters. The van der Waals surface area contributed by atoms with Gasteiger partial charge in [-0.2, -0.15) is 5.10 Å². The molecule has 3 aromatic rings. The van der Waals surface area contributed by atoms with E-state index in [1.54, 1.807) is 20.3 Å². The summed E-state index contributed by atoms with van der Waals surface area (Å²) in [4.78, 5) is 26.7. The number of carbonyl (C=O) groups excluding carboxylic acids is 1. The number of likely N-dealkylation sites (tertiary alicyclic amines) is 1. The molecule has 10 heteroatoms. The highest BCUT2D eigenvalue weighted by atomic mass is 16.2. The summed E-state index contributed by atoms with van der Waals surface area (Å²) in [5.74, 6) is 0.664. The summed E-state index contributed by atoms with van der Waals surface area (Å²) in [5.41, 5.74) is 6.36. The molecule has 0 saturated carbocycles. The summed E-state index contributed by atoms with van der Waals surface area (Å²) in [5, 5.41) is 14.7. The molecule has 0 bridgehead atoms. The second-order valence-corrected chi connectivity index (χ2v) is 6.78. The first-order valence-corrected chi connectivity index (χ1v) is 9.29. The van der Waals surface area contributed by atoms with Crippen LogP contribution in [0.2, 0.25) is 0 Å². The van der Waals surface area contributed by atoms with Crippen molar-refractivity contribution in [2.24, 2.45) is 5.73 Å². The molecule has 1 aliphatic heterocycles. The van der Waals surface area contributed by atoms with Crippen LogP contribution in [0.5, 0.6) is 0 Å². The fraction of sp³-hybridized carbons (Fsp3) is 0.389. The Hall–Kier alpha value is -3.27. The predicted octanol–water partition coefficient (Wildman–Crippen LogP) is 0.131. The van der Waals surface area contributed by atoms with Gasteiger partial charge in [-0.25, -0.2) is 14.5 Å². The van der Waals surface area contributed by atoms with Crippen LogP contribution in [0, 0.1) is 0 Å². The van der Waals surface area contributed by atoms with Gasteiger partial charge in [-0.15, -0.1) is 5.10 Å². The van der Waals surface area contributed by atoms with Crippen LogP contribution in [0.4, 0.5) is 0 Å². The summed E-state index contributed by atoms with van der Waals surface area (Å²) in [7, 11) is 0. The molecule has 28 heavy (non-hydrogen) atoms. The third kappa shape index (κ3) is 3.46. The zero-order valence-corrected chi connectivity index (χ0v) is 15.4. The minimum Gasteiger partial charge on any atom is -0.337 e. The molecule has 0 aliphatic carbocycles. The second kappa shape index (κ2) is 7.77. The van der Waals surface area contributed by atoms with Crippen molar-refractivity contribution in [3.05, 3.63) is 58.5 Å². The van der Waals surface area contributed by atoms with Gasteiger partial charge in [0.25, 0.3) is 5.91 Å². The lowest BCUT2D eigenvalue weighted by Crippen LogP contribution is -2.38. The lowest BCUT2D eigenvalue weighted by Gasteiger charge is -2.31. The van der Waals surface area contributed by atoms with Crippen molar-refractivity contribution in [1.29, 1.82) is 0 Å². The van der Waals surface area contributed by atoms with Crippen molar-refractivity contribution in [3.8, 4) is 5.69 Å². The number of nitrogens with one attached hydrogen (secondary N) is 1. The van der Waals surface area contributed by atoms with Gasteiger partial charge in [-0.1, -0.05) is 23.4 Å². The summed E-state index contributed by atoms with van der Waals surface area (Å²) < 4.78 is 3.18. The fourth-order valence-electron chi connectivity index (χ4n) is 3.55. The van der Waals surface area contributed by atoms with Crippen molar-refractivity contribution in [1.82, 2.24) is 34.7 Å². The van der Waals surface area contributed by atoms with Crippen LogP contribution in [-0.2, 0) is 6.54 Å². The standard InChI is InChI=1S/C18H22N8O2/c19-8-11-25-12-15(20-23-25)17(27)24-9-6-13(7-10-24)16-21-22-18(28)26(16)14-4-2-1-3-5-14/h1-5,12-13H,6-11,19H2,(H,22,28). The van der Waals surface area contributed by atoms with Crippen LogP contribution in [-0.4, -0.2) is 60.2 Å². The van der Waals surface area contributed by atoms with E-state index in [1.807, 2.05) is 30.3 Å². The smallest absolute Gasteiger partial charge is 0.337 e. The van der Waals surface area contributed by atoms with Crippen LogP contribution in [0.15, 0.2) is 41.3 Å². The van der Waals surface area contributed by atoms with Gasteiger partial charge in [0.05, 0.1) is 18.4 Å². The first kappa shape index (κ1) is 18.1. The normalized spacial score (nSPS) is 15.1. The third-order valence-electron chi connectivity index (χ3n) is 4.98. The third-order valence-corrected chi connectivity index (χ3v) is 4.98. The van der Waals surface area contributed by atoms with E-state index >= 15 is 0 Å². The summed E-state index contributed by atoms with van der Waals surface area (Å²) in [6, 6.07) is 9.44. The monoisotopic (exact) mass is 382 g/mol. The Morgan fingerprint density at radius 2 is 1.96 bits per heavy atom. The van der Waals surface area contributed by atoms with E-state index in [2.05, 4.69) is 20.5 Å². The van der Waals surface area contributed by atoms with Gasteiger partial charge in [0.1, 0.15) is 5.82 Å². The highest BCUT2D eigenvalue weighted by Gasteiger charge is 2.29. The lowest BCUT2D eigenvalue weighted by atomic mass is 9.95. The van der Waals surface area contributed by atoms with E-state index in [1.165, 1.54) is 0 Å². The van der Waals surface area contributed by atoms with Gasteiger partial charge >= 0.3 is 5.69 Å². The molecule has 1 aliphatic rings. The molecule has 0 radical (unpaired) electrons. The number of rotatable bonds is 5. The van der Waals surface area contributed by atoms with Crippen molar-refractivity contribution < 1.29 is 4.79 Å². The van der Waals surface area contributed by atoms with Crippen molar-refractivity contribution in [2.75, 3.05) is 19.6 Å². The molecule has 0 spiro atoms. The predicted molar refractivity (Wildman–Crippen MR) is 101 cm³/mol. The summed E-state index contributed by atoms with van der Waals surface area (Å²) >= 11 is 0. The average Bonchev–Trinajstić information content (AvgIpc) is 3.35. The van der Waals surface area contributed by atoms with E-state index in [0.29, 0.717) is 37.7 Å². The van der Waals surface area contributed by atoms with E-state index < -0.39 is 0 Å². The van der Waals surface area contributed by atoms with Gasteiger partial charge in [-0.3, -0.25) is 9.48 Å². The molecule has 1 saturated heterocycles. The SMILES string of the molecule is NCCn1cc(C(=O)N2CCC(c3n[nH]c(=O)n3-c3ccccc3)CC2)nn1. The maximum atomic E-state index is 12.7. The van der Waals surface area contributed by atoms with Crippen LogP contribution in [0.1, 0.15) is 35.1 Å². The number of piperidine rings is 1. The summed E-state index contributed by atoms with van der Waals surface area (Å²) in [6.45, 7) is 2.11. The Labute approximate surface area is 161 Å². The zero-order valence-electron chi connectivity index (χ0n) is 15.4. The molecular weight excluding hydrogens is 360 g/mol. The largest absolute Gasteiger partial charge is 0.347 e. The van der Waals surface area contributed by atoms with Crippen LogP contribution >= 0.6 is 0 Å². The second-order valence-electron chi connectivity index (χ2n) is 6.78. The van der Waals surface area contributed by atoms with Gasteiger partial charge in [0.2, 0.25) is 0 Å². The first-order valence-electron chi connectivity index (χ1n) is 9.29. The number of para-hydroxylation sites is 1. The molecule has 4 rings (SSSR count). The van der Waals surface area contributed by atoms with Crippen molar-refractivity contribution in [3.63, 3.8) is 0 Å². The molecule has 1 fully saturated rings. The average molecular weight is 382 g/mol. The molecule has 0 unspecified atom stereocenters. The Morgan fingerprint density at radius 3 is 2.68 bits per heavy atom. The van der Waals surface area contributed by atoms with Crippen LogP contribution in [0.3, 0.4) is 0 Å². The highest BCUT2D eigenvalue weighted by molar-refractivity contribution is 5.92. The maximum absolute atomic E-state index is 12.7.